The van der Waals surface area contributed by atoms with Gasteiger partial charge in [-0.15, -0.1) is 0 Å². The average molecular weight is 662 g/mol. The summed E-state index contributed by atoms with van der Waals surface area (Å²) in [6.45, 7) is 0. The van der Waals surface area contributed by atoms with E-state index in [1.165, 1.54) is 38.5 Å². The highest BCUT2D eigenvalue weighted by Gasteiger charge is 2.17. The van der Waals surface area contributed by atoms with Gasteiger partial charge in [0.15, 0.2) is 0 Å². The van der Waals surface area contributed by atoms with E-state index in [1.807, 2.05) is 18.2 Å². The molecule has 0 aliphatic heterocycles. The van der Waals surface area contributed by atoms with Crippen LogP contribution >= 0.6 is 0 Å². The number of benzene rings is 8. The van der Waals surface area contributed by atoms with Gasteiger partial charge < -0.3 is 9.13 Å². The molecule has 242 valence electrons. The predicted octanol–water partition coefficient (Wildman–Crippen LogP) is 12.8. The van der Waals surface area contributed by atoms with E-state index in [0.29, 0.717) is 5.56 Å². The molecular formula is C49H31N3. The largest absolute Gasteiger partial charge is 0.309 e. The van der Waals surface area contributed by atoms with E-state index in [0.717, 1.165) is 49.9 Å². The molecule has 10 rings (SSSR count). The zero-order valence-electron chi connectivity index (χ0n) is 28.2. The second-order valence-corrected chi connectivity index (χ2v) is 13.3. The topological polar surface area (TPSA) is 33.6 Å². The second kappa shape index (κ2) is 12.0. The highest BCUT2D eigenvalue weighted by Crippen LogP contribution is 2.39. The smallest absolute Gasteiger partial charge is 0.0992 e. The highest BCUT2D eigenvalue weighted by molar-refractivity contribution is 6.13. The minimum atomic E-state index is 0.643. The Bertz CT molecular complexity index is 3000. The summed E-state index contributed by atoms with van der Waals surface area (Å²) >= 11 is 0. The van der Waals surface area contributed by atoms with Gasteiger partial charge in [0.25, 0.3) is 0 Å². The van der Waals surface area contributed by atoms with Crippen molar-refractivity contribution in [1.82, 2.24) is 9.13 Å². The van der Waals surface area contributed by atoms with Gasteiger partial charge in [0.1, 0.15) is 0 Å². The fraction of sp³-hybridized carbons (Fsp3) is 0. The van der Waals surface area contributed by atoms with Gasteiger partial charge in [-0.25, -0.2) is 0 Å². The molecule has 2 heterocycles. The van der Waals surface area contributed by atoms with Gasteiger partial charge in [-0.05, 0) is 100 Å². The molecule has 0 amide bonds. The number of rotatable bonds is 5. The number of nitriles is 1. The van der Waals surface area contributed by atoms with Gasteiger partial charge in [0.05, 0.1) is 33.7 Å². The Morgan fingerprint density at radius 3 is 1.48 bits per heavy atom. The zero-order valence-corrected chi connectivity index (χ0v) is 28.2. The molecule has 8 aromatic carbocycles. The first-order valence-corrected chi connectivity index (χ1v) is 17.6. The van der Waals surface area contributed by atoms with E-state index >= 15 is 0 Å². The molecule has 0 saturated carbocycles. The van der Waals surface area contributed by atoms with Gasteiger partial charge in [-0.1, -0.05) is 121 Å². The molecule has 0 fully saturated rings. The monoisotopic (exact) mass is 661 g/mol. The number of hydrogen-bond donors (Lipinski definition) is 0. The summed E-state index contributed by atoms with van der Waals surface area (Å²) in [4.78, 5) is 0. The van der Waals surface area contributed by atoms with Crippen LogP contribution in [-0.4, -0.2) is 9.13 Å². The molecule has 0 unspecified atom stereocenters. The molecule has 3 nitrogen and oxygen atoms in total. The van der Waals surface area contributed by atoms with E-state index in [9.17, 15) is 5.26 Å². The lowest BCUT2D eigenvalue weighted by atomic mass is 10.00. The van der Waals surface area contributed by atoms with E-state index < -0.39 is 0 Å². The van der Waals surface area contributed by atoms with Crippen molar-refractivity contribution >= 4 is 43.6 Å². The van der Waals surface area contributed by atoms with Crippen molar-refractivity contribution in [3.05, 3.63) is 194 Å². The Hall–Kier alpha value is -7.15. The number of nitrogens with zero attached hydrogens (tertiary/aromatic N) is 3. The van der Waals surface area contributed by atoms with Gasteiger partial charge in [0.2, 0.25) is 0 Å². The summed E-state index contributed by atoms with van der Waals surface area (Å²) in [5.41, 5.74) is 14.4. The van der Waals surface area contributed by atoms with Crippen LogP contribution in [0.1, 0.15) is 5.56 Å². The molecule has 3 heteroatoms. The molecule has 0 bridgehead atoms. The number of fused-ring (bicyclic) bond motifs is 6. The Kier molecular flexibility index (Phi) is 6.87. The molecule has 0 saturated heterocycles. The van der Waals surface area contributed by atoms with Crippen molar-refractivity contribution in [1.29, 1.82) is 5.26 Å². The van der Waals surface area contributed by atoms with Gasteiger partial charge in [0, 0.05) is 32.9 Å². The summed E-state index contributed by atoms with van der Waals surface area (Å²) in [5, 5.41) is 14.6. The molecule has 0 aliphatic carbocycles. The van der Waals surface area contributed by atoms with Gasteiger partial charge in [-0.3, -0.25) is 0 Å². The lowest BCUT2D eigenvalue weighted by molar-refractivity contribution is 1.18. The van der Waals surface area contributed by atoms with Crippen LogP contribution in [0.5, 0.6) is 0 Å². The van der Waals surface area contributed by atoms with Crippen molar-refractivity contribution in [2.45, 2.75) is 0 Å². The lowest BCUT2D eigenvalue weighted by Gasteiger charge is -2.11. The van der Waals surface area contributed by atoms with Crippen molar-refractivity contribution < 1.29 is 0 Å². The van der Waals surface area contributed by atoms with Crippen LogP contribution in [0.15, 0.2) is 188 Å². The van der Waals surface area contributed by atoms with Crippen molar-refractivity contribution in [2.75, 3.05) is 0 Å². The zero-order chi connectivity index (χ0) is 34.6. The fourth-order valence-corrected chi connectivity index (χ4v) is 7.87. The molecule has 0 spiro atoms. The molecule has 0 aliphatic rings. The maximum atomic E-state index is 9.90. The summed E-state index contributed by atoms with van der Waals surface area (Å²) in [6.07, 6.45) is 0. The minimum Gasteiger partial charge on any atom is -0.309 e. The molecular weight excluding hydrogens is 631 g/mol. The van der Waals surface area contributed by atoms with E-state index in [4.69, 9.17) is 0 Å². The summed E-state index contributed by atoms with van der Waals surface area (Å²) in [5.74, 6) is 0. The van der Waals surface area contributed by atoms with E-state index in [-0.39, 0.29) is 0 Å². The van der Waals surface area contributed by atoms with Crippen molar-refractivity contribution in [3.8, 4) is 50.8 Å². The molecule has 52 heavy (non-hydrogen) atoms. The Morgan fingerprint density at radius 1 is 0.308 bits per heavy atom. The second-order valence-electron chi connectivity index (χ2n) is 13.3. The third kappa shape index (κ3) is 4.81. The SMILES string of the molecule is N#Cc1ccc2c3cc(-c4ccc5c(c4)c4ccccc4n5-c4ccccc4)ccc3n(-c3cccc(-c4ccc(-c5ccccc5)cc4)c3)c2c1. The summed E-state index contributed by atoms with van der Waals surface area (Å²) < 4.78 is 4.65. The third-order valence-electron chi connectivity index (χ3n) is 10.3. The standard InChI is InChI=1S/C49H31N3/c50-32-33-18-25-43-45-31-39(38-23-26-47-44(30-38)42-16-7-8-17-46(42)51(47)40-13-5-2-6-14-40)24-27-48(45)52(49(43)28-33)41-15-9-12-37(29-41)36-21-19-35(20-22-36)34-10-3-1-4-11-34/h1-31H. The predicted molar refractivity (Wildman–Crippen MR) is 216 cm³/mol. The van der Waals surface area contributed by atoms with Gasteiger partial charge in [-0.2, -0.15) is 5.26 Å². The molecule has 2 aromatic heterocycles. The maximum absolute atomic E-state index is 9.90. The molecule has 0 radical (unpaired) electrons. The Labute approximate surface area is 301 Å². The molecule has 10 aromatic rings. The first kappa shape index (κ1) is 29.7. The minimum absolute atomic E-state index is 0.643. The highest BCUT2D eigenvalue weighted by atomic mass is 15.0. The quantitative estimate of drug-likeness (QED) is 0.181. The average Bonchev–Trinajstić information content (AvgIpc) is 3.73. The Morgan fingerprint density at radius 2 is 0.788 bits per heavy atom. The number of hydrogen-bond acceptors (Lipinski definition) is 1. The van der Waals surface area contributed by atoms with Gasteiger partial charge >= 0.3 is 0 Å². The van der Waals surface area contributed by atoms with Crippen LogP contribution in [-0.2, 0) is 0 Å². The van der Waals surface area contributed by atoms with Crippen LogP contribution in [0.2, 0.25) is 0 Å². The lowest BCUT2D eigenvalue weighted by Crippen LogP contribution is -1.95. The summed E-state index contributed by atoms with van der Waals surface area (Å²) in [7, 11) is 0. The first-order valence-electron chi connectivity index (χ1n) is 17.6. The van der Waals surface area contributed by atoms with E-state index in [1.54, 1.807) is 0 Å². The van der Waals surface area contributed by atoms with Crippen LogP contribution in [0, 0.1) is 11.3 Å². The van der Waals surface area contributed by atoms with Crippen molar-refractivity contribution in [2.24, 2.45) is 0 Å². The normalized spacial score (nSPS) is 11.4. The number of aromatic nitrogens is 2. The van der Waals surface area contributed by atoms with Crippen LogP contribution in [0.3, 0.4) is 0 Å². The first-order chi connectivity index (χ1) is 25.7. The van der Waals surface area contributed by atoms with Crippen LogP contribution in [0.25, 0.3) is 88.4 Å². The number of para-hydroxylation sites is 2. The van der Waals surface area contributed by atoms with Crippen molar-refractivity contribution in [3.63, 3.8) is 0 Å². The fourth-order valence-electron chi connectivity index (χ4n) is 7.87. The maximum Gasteiger partial charge on any atom is 0.0992 e. The van der Waals surface area contributed by atoms with Crippen LogP contribution < -0.4 is 0 Å². The molecule has 0 N–H and O–H groups in total. The van der Waals surface area contributed by atoms with E-state index in [2.05, 4.69) is 185 Å². The Balaban J connectivity index is 1.11. The molecule has 0 atom stereocenters. The summed E-state index contributed by atoms with van der Waals surface area (Å²) in [6, 6.07) is 69.2. The third-order valence-corrected chi connectivity index (χ3v) is 10.3. The van der Waals surface area contributed by atoms with Crippen LogP contribution in [0.4, 0.5) is 0 Å².